The third kappa shape index (κ3) is 13.7. The summed E-state index contributed by atoms with van der Waals surface area (Å²) in [7, 11) is 0. The Morgan fingerprint density at radius 2 is 1.27 bits per heavy atom. The van der Waals surface area contributed by atoms with Crippen LogP contribution in [0, 0.1) is 0 Å². The Labute approximate surface area is 98.0 Å². The Balaban J connectivity index is 0. The second-order valence-electron chi connectivity index (χ2n) is 1.43. The van der Waals surface area contributed by atoms with Gasteiger partial charge in [-0.05, 0) is 0 Å². The van der Waals surface area contributed by atoms with E-state index < -0.39 is 0 Å². The molecule has 7 heteroatoms. The van der Waals surface area contributed by atoms with Crippen molar-refractivity contribution in [3.8, 4) is 0 Å². The van der Waals surface area contributed by atoms with Crippen molar-refractivity contribution in [2.24, 2.45) is 0 Å². The van der Waals surface area contributed by atoms with E-state index in [1.807, 2.05) is 0 Å². The van der Waals surface area contributed by atoms with Crippen molar-refractivity contribution in [1.29, 1.82) is 0 Å². The zero-order valence-corrected chi connectivity index (χ0v) is 9.62. The third-order valence-electron chi connectivity index (χ3n) is 0.664. The summed E-state index contributed by atoms with van der Waals surface area (Å²) in [6.45, 7) is 1.33. The zero-order valence-electron chi connectivity index (χ0n) is 5.36. The Kier molecular flexibility index (Phi) is 11.4. The van der Waals surface area contributed by atoms with E-state index >= 15 is 0 Å². The fourth-order valence-electron chi connectivity index (χ4n) is 0.329. The molecule has 0 heterocycles. The monoisotopic (exact) mass is 268 g/mol. The minimum absolute atomic E-state index is 0. The number of nitrogens with one attached hydrogen (secondary N) is 2. The molecule has 0 atom stereocenters. The van der Waals surface area contributed by atoms with Crippen LogP contribution in [0.3, 0.4) is 0 Å². The molecular weight excluding hydrogens is 263 g/mol. The summed E-state index contributed by atoms with van der Waals surface area (Å²) in [6.07, 6.45) is 0. The third-order valence-corrected chi connectivity index (χ3v) is 1.24. The first-order chi connectivity index (χ1) is 4.63. The van der Waals surface area contributed by atoms with Crippen LogP contribution in [-0.2, 0) is 41.7 Å². The average molecular weight is 269 g/mol. The first kappa shape index (κ1) is 14.2. The minimum atomic E-state index is 0. The van der Waals surface area contributed by atoms with Crippen molar-refractivity contribution in [1.82, 2.24) is 10.6 Å². The van der Waals surface area contributed by atoms with E-state index in [9.17, 15) is 0 Å². The predicted molar refractivity (Wildman–Crippen MR) is 55.9 cm³/mol. The fraction of sp³-hybridized carbons (Fsp3) is 0.500. The molecule has 0 aromatic carbocycles. The van der Waals surface area contributed by atoms with Gasteiger partial charge < -0.3 is 60.3 Å². The molecule has 0 radical (unpaired) electrons. The molecule has 0 bridgehead atoms. The Hall–Kier alpha value is 0.714. The van der Waals surface area contributed by atoms with Crippen molar-refractivity contribution >= 4 is 58.3 Å². The summed E-state index contributed by atoms with van der Waals surface area (Å²) in [6, 6.07) is 0. The fourth-order valence-corrected chi connectivity index (χ4v) is 0.737. The predicted octanol–water partition coefficient (Wildman–Crippen LogP) is -0.173. The van der Waals surface area contributed by atoms with Gasteiger partial charge in [-0.15, -0.1) is 0 Å². The van der Waals surface area contributed by atoms with Crippen molar-refractivity contribution in [2.45, 2.75) is 0 Å². The van der Waals surface area contributed by atoms with E-state index in [1.54, 1.807) is 0 Å². The van der Waals surface area contributed by atoms with Crippen molar-refractivity contribution in [3.63, 3.8) is 0 Å². The largest absolute Gasteiger partial charge is 2.00 e. The van der Waals surface area contributed by atoms with Crippen LogP contribution in [0.5, 0.6) is 0 Å². The van der Waals surface area contributed by atoms with Crippen LogP contribution in [0.2, 0.25) is 0 Å². The normalized spacial score (nSPS) is 7.64. The van der Waals surface area contributed by atoms with Crippen molar-refractivity contribution < 1.29 is 16.5 Å². The first-order valence-corrected chi connectivity index (χ1v) is 4.16. The molecule has 11 heavy (non-hydrogen) atoms. The Bertz CT molecular complexity index is 124. The van der Waals surface area contributed by atoms with E-state index in [-0.39, 0.29) is 16.5 Å². The molecule has 0 spiro atoms. The topological polar surface area (TPSA) is 24.1 Å². The summed E-state index contributed by atoms with van der Waals surface area (Å²) in [4.78, 5) is 0. The number of hydrogen-bond acceptors (Lipinski definition) is 4. The Morgan fingerprint density at radius 1 is 1.00 bits per heavy atom. The number of rotatable bonds is 3. The molecule has 2 N–H and O–H groups in total. The smallest absolute Gasteiger partial charge is 0.412 e. The van der Waals surface area contributed by atoms with Gasteiger partial charge in [0.15, 0.2) is 0 Å². The molecule has 0 rings (SSSR count). The SMILES string of the molecule is S=C([S-])NCCNC(=S)[S-].[Ni+2]. The van der Waals surface area contributed by atoms with Gasteiger partial charge in [0, 0.05) is 13.1 Å². The van der Waals surface area contributed by atoms with E-state index in [2.05, 4.69) is 60.3 Å². The van der Waals surface area contributed by atoms with E-state index in [0.717, 1.165) is 0 Å². The standard InChI is InChI=1S/C4H8N2S4.Ni/c7-3(8)5-1-2-6-4(9)10;/h1-2H2,(H2,5,7,8)(H2,6,9,10);/q;+2/p-2. The van der Waals surface area contributed by atoms with Gasteiger partial charge >= 0.3 is 16.5 Å². The van der Waals surface area contributed by atoms with Crippen LogP contribution in [0.1, 0.15) is 0 Å². The van der Waals surface area contributed by atoms with E-state index in [1.165, 1.54) is 0 Å². The molecule has 0 saturated carbocycles. The molecule has 2 nitrogen and oxygen atoms in total. The van der Waals surface area contributed by atoms with Gasteiger partial charge in [-0.2, -0.15) is 0 Å². The van der Waals surface area contributed by atoms with Crippen LogP contribution in [0.25, 0.3) is 0 Å². The summed E-state index contributed by atoms with van der Waals surface area (Å²) in [5.74, 6) is 0. The molecule has 0 aromatic rings. The molecule has 66 valence electrons. The average Bonchev–Trinajstić information content (AvgIpc) is 1.79. The summed E-state index contributed by atoms with van der Waals surface area (Å²) in [5, 5.41) is 5.56. The summed E-state index contributed by atoms with van der Waals surface area (Å²) < 4.78 is 0.745. The summed E-state index contributed by atoms with van der Waals surface area (Å²) in [5.41, 5.74) is 0. The number of hydrogen-bond donors (Lipinski definition) is 2. The molecule has 0 aliphatic carbocycles. The van der Waals surface area contributed by atoms with Crippen LogP contribution in [0.15, 0.2) is 0 Å². The molecule has 0 aromatic heterocycles. The first-order valence-electron chi connectivity index (χ1n) is 2.52. The van der Waals surface area contributed by atoms with Gasteiger partial charge in [0.05, 0.1) is 0 Å². The van der Waals surface area contributed by atoms with Crippen molar-refractivity contribution in [3.05, 3.63) is 0 Å². The quantitative estimate of drug-likeness (QED) is 0.319. The van der Waals surface area contributed by atoms with Gasteiger partial charge in [0.2, 0.25) is 0 Å². The second kappa shape index (κ2) is 8.81. The second-order valence-corrected chi connectivity index (χ2v) is 3.58. The van der Waals surface area contributed by atoms with Crippen LogP contribution in [-0.4, -0.2) is 21.7 Å². The maximum atomic E-state index is 4.59. The van der Waals surface area contributed by atoms with Crippen LogP contribution in [0.4, 0.5) is 0 Å². The molecule has 0 saturated heterocycles. The van der Waals surface area contributed by atoms with Gasteiger partial charge in [0.25, 0.3) is 0 Å². The van der Waals surface area contributed by atoms with Crippen molar-refractivity contribution in [2.75, 3.05) is 13.1 Å². The van der Waals surface area contributed by atoms with Gasteiger partial charge in [-0.1, -0.05) is 8.64 Å². The van der Waals surface area contributed by atoms with Gasteiger partial charge in [-0.3, -0.25) is 0 Å². The van der Waals surface area contributed by atoms with E-state index in [0.29, 0.717) is 21.7 Å². The van der Waals surface area contributed by atoms with Gasteiger partial charge in [-0.25, -0.2) is 0 Å². The number of thiocarbonyl (C=S) groups is 2. The van der Waals surface area contributed by atoms with Crippen LogP contribution < -0.4 is 10.6 Å². The molecule has 0 amide bonds. The zero-order chi connectivity index (χ0) is 7.98. The van der Waals surface area contributed by atoms with Crippen LogP contribution >= 0.6 is 24.4 Å². The summed E-state index contributed by atoms with van der Waals surface area (Å²) >= 11 is 18.4. The maximum absolute atomic E-state index is 4.59. The molecule has 0 aliphatic rings. The molecule has 0 unspecified atom stereocenters. The minimum Gasteiger partial charge on any atom is -0.412 e. The van der Waals surface area contributed by atoms with Gasteiger partial charge in [0.1, 0.15) is 0 Å². The maximum Gasteiger partial charge on any atom is 2.00 e. The van der Waals surface area contributed by atoms with E-state index in [4.69, 9.17) is 0 Å². The Morgan fingerprint density at radius 3 is 1.45 bits per heavy atom. The molecule has 0 aliphatic heterocycles. The molecule has 0 fully saturated rings. The molecular formula is C4H6N2NiS4.